The van der Waals surface area contributed by atoms with Crippen molar-refractivity contribution in [2.45, 2.75) is 45.1 Å². The van der Waals surface area contributed by atoms with E-state index in [1.165, 1.54) is 12.8 Å². The molecule has 2 amide bonds. The lowest BCUT2D eigenvalue weighted by atomic mass is 9.95. The molecule has 1 aliphatic heterocycles. The van der Waals surface area contributed by atoms with Crippen LogP contribution < -0.4 is 5.32 Å². The van der Waals surface area contributed by atoms with Crippen LogP contribution in [0.25, 0.3) is 0 Å². The number of piperazine rings is 1. The van der Waals surface area contributed by atoms with Crippen molar-refractivity contribution in [3.05, 3.63) is 30.3 Å². The molecule has 0 bridgehead atoms. The van der Waals surface area contributed by atoms with Crippen molar-refractivity contribution in [2.24, 2.45) is 5.92 Å². The van der Waals surface area contributed by atoms with Crippen molar-refractivity contribution in [2.75, 3.05) is 31.5 Å². The van der Waals surface area contributed by atoms with Crippen LogP contribution in [0, 0.1) is 5.92 Å². The lowest BCUT2D eigenvalue weighted by Crippen LogP contribution is -2.56. The fourth-order valence-corrected chi connectivity index (χ4v) is 4.16. The Hall–Kier alpha value is -1.88. The van der Waals surface area contributed by atoms with Crippen molar-refractivity contribution >= 4 is 17.5 Å². The summed E-state index contributed by atoms with van der Waals surface area (Å²) in [5.41, 5.74) is 0.857. The molecule has 1 aliphatic carbocycles. The van der Waals surface area contributed by atoms with Crippen molar-refractivity contribution in [3.63, 3.8) is 0 Å². The Morgan fingerprint density at radius 2 is 1.72 bits per heavy atom. The largest absolute Gasteiger partial charge is 0.340 e. The molecule has 1 heterocycles. The van der Waals surface area contributed by atoms with Crippen LogP contribution in [-0.2, 0) is 9.59 Å². The highest BCUT2D eigenvalue weighted by Crippen LogP contribution is 2.31. The Morgan fingerprint density at radius 3 is 2.32 bits per heavy atom. The zero-order valence-electron chi connectivity index (χ0n) is 15.1. The van der Waals surface area contributed by atoms with Gasteiger partial charge >= 0.3 is 0 Å². The van der Waals surface area contributed by atoms with Crippen LogP contribution in [0.4, 0.5) is 5.69 Å². The molecule has 3 rings (SSSR count). The fraction of sp³-hybridized carbons (Fsp3) is 0.600. The van der Waals surface area contributed by atoms with E-state index in [4.69, 9.17) is 0 Å². The molecule has 2 aliphatic rings. The van der Waals surface area contributed by atoms with Crippen LogP contribution in [0.1, 0.15) is 39.0 Å². The third-order valence-electron chi connectivity index (χ3n) is 5.52. The van der Waals surface area contributed by atoms with Gasteiger partial charge in [-0.25, -0.2) is 0 Å². The third kappa shape index (κ3) is 4.40. The maximum Gasteiger partial charge on any atom is 0.242 e. The predicted octanol–water partition coefficient (Wildman–Crippen LogP) is 2.74. The molecule has 1 N–H and O–H groups in total. The average molecular weight is 343 g/mol. The van der Waals surface area contributed by atoms with Gasteiger partial charge in [0.15, 0.2) is 0 Å². The van der Waals surface area contributed by atoms with Crippen LogP contribution in [0.3, 0.4) is 0 Å². The number of anilines is 1. The minimum Gasteiger partial charge on any atom is -0.340 e. The first kappa shape index (κ1) is 17.9. The highest BCUT2D eigenvalue weighted by Gasteiger charge is 2.37. The standard InChI is InChI=1S/C20H29N3O2/c1-2-18(24)22-12-14-23(15-13-22)19(16-8-6-7-9-16)20(25)21-17-10-4-3-5-11-17/h3-5,10-11,16,19H,2,6-9,12-15H2,1H3,(H,21,25). The summed E-state index contributed by atoms with van der Waals surface area (Å²) < 4.78 is 0. The number of hydrogen-bond donors (Lipinski definition) is 1. The summed E-state index contributed by atoms with van der Waals surface area (Å²) in [5, 5.41) is 3.10. The van der Waals surface area contributed by atoms with Gasteiger partial charge in [-0.05, 0) is 30.9 Å². The molecule has 0 aromatic heterocycles. The Bertz CT molecular complexity index is 576. The van der Waals surface area contributed by atoms with Crippen LogP contribution >= 0.6 is 0 Å². The van der Waals surface area contributed by atoms with Gasteiger partial charge in [0.1, 0.15) is 0 Å². The molecular formula is C20H29N3O2. The molecule has 0 radical (unpaired) electrons. The number of hydrogen-bond acceptors (Lipinski definition) is 3. The predicted molar refractivity (Wildman–Crippen MR) is 99.3 cm³/mol. The number of benzene rings is 1. The Kier molecular flexibility index (Phi) is 6.08. The van der Waals surface area contributed by atoms with Crippen LogP contribution in [0.5, 0.6) is 0 Å². The number of amides is 2. The molecule has 1 aromatic rings. The summed E-state index contributed by atoms with van der Waals surface area (Å²) in [6.07, 6.45) is 5.24. The van der Waals surface area contributed by atoms with E-state index >= 15 is 0 Å². The van der Waals surface area contributed by atoms with E-state index in [1.807, 2.05) is 42.2 Å². The van der Waals surface area contributed by atoms with Gasteiger partial charge in [-0.3, -0.25) is 14.5 Å². The molecule has 136 valence electrons. The zero-order chi connectivity index (χ0) is 17.6. The number of rotatable bonds is 5. The first-order valence-electron chi connectivity index (χ1n) is 9.56. The minimum atomic E-state index is -0.0819. The normalized spacial score (nSPS) is 20.4. The van der Waals surface area contributed by atoms with Crippen LogP contribution in [0.15, 0.2) is 30.3 Å². The van der Waals surface area contributed by atoms with E-state index in [0.717, 1.165) is 44.7 Å². The second-order valence-corrected chi connectivity index (χ2v) is 7.11. The van der Waals surface area contributed by atoms with E-state index in [1.54, 1.807) is 0 Å². The van der Waals surface area contributed by atoms with Crippen LogP contribution in [0.2, 0.25) is 0 Å². The molecule has 1 saturated heterocycles. The summed E-state index contributed by atoms with van der Waals surface area (Å²) >= 11 is 0. The van der Waals surface area contributed by atoms with E-state index in [2.05, 4.69) is 10.2 Å². The fourth-order valence-electron chi connectivity index (χ4n) is 4.16. The second-order valence-electron chi connectivity index (χ2n) is 7.11. The minimum absolute atomic E-state index is 0.0819. The van der Waals surface area contributed by atoms with Crippen molar-refractivity contribution in [1.29, 1.82) is 0 Å². The monoisotopic (exact) mass is 343 g/mol. The summed E-state index contributed by atoms with van der Waals surface area (Å²) in [5.74, 6) is 0.747. The summed E-state index contributed by atoms with van der Waals surface area (Å²) in [4.78, 5) is 29.2. The number of carbonyl (C=O) groups excluding carboxylic acids is 2. The molecule has 25 heavy (non-hydrogen) atoms. The van der Waals surface area contributed by atoms with Gasteiger partial charge in [0.25, 0.3) is 0 Å². The Balaban J connectivity index is 1.67. The highest BCUT2D eigenvalue weighted by molar-refractivity contribution is 5.95. The highest BCUT2D eigenvalue weighted by atomic mass is 16.2. The maximum atomic E-state index is 13.0. The maximum absolute atomic E-state index is 13.0. The van der Waals surface area contributed by atoms with E-state index in [0.29, 0.717) is 12.3 Å². The molecule has 0 spiro atoms. The van der Waals surface area contributed by atoms with Crippen molar-refractivity contribution < 1.29 is 9.59 Å². The number of nitrogens with zero attached hydrogens (tertiary/aromatic N) is 2. The summed E-state index contributed by atoms with van der Waals surface area (Å²) in [6.45, 7) is 4.94. The number of nitrogens with one attached hydrogen (secondary N) is 1. The molecule has 1 aromatic carbocycles. The van der Waals surface area contributed by atoms with Crippen LogP contribution in [-0.4, -0.2) is 53.8 Å². The molecule has 5 nitrogen and oxygen atoms in total. The van der Waals surface area contributed by atoms with Gasteiger partial charge in [0.2, 0.25) is 11.8 Å². The van der Waals surface area contributed by atoms with Gasteiger partial charge in [0.05, 0.1) is 6.04 Å². The van der Waals surface area contributed by atoms with E-state index in [-0.39, 0.29) is 17.9 Å². The van der Waals surface area contributed by atoms with E-state index < -0.39 is 0 Å². The topological polar surface area (TPSA) is 52.7 Å². The Morgan fingerprint density at radius 1 is 1.08 bits per heavy atom. The number of carbonyl (C=O) groups is 2. The Labute approximate surface area is 150 Å². The summed E-state index contributed by atoms with van der Waals surface area (Å²) in [7, 11) is 0. The molecular weight excluding hydrogens is 314 g/mol. The van der Waals surface area contributed by atoms with Gasteiger partial charge in [-0.1, -0.05) is 38.0 Å². The first-order chi connectivity index (χ1) is 12.2. The second kappa shape index (κ2) is 8.48. The molecule has 1 saturated carbocycles. The molecule has 1 unspecified atom stereocenters. The lowest BCUT2D eigenvalue weighted by molar-refractivity contribution is -0.134. The van der Waals surface area contributed by atoms with Gasteiger partial charge < -0.3 is 10.2 Å². The van der Waals surface area contributed by atoms with Crippen molar-refractivity contribution in [1.82, 2.24) is 9.80 Å². The SMILES string of the molecule is CCC(=O)N1CCN(C(C(=O)Nc2ccccc2)C2CCCC2)CC1. The summed E-state index contributed by atoms with van der Waals surface area (Å²) in [6, 6.07) is 9.61. The molecule has 2 fully saturated rings. The first-order valence-corrected chi connectivity index (χ1v) is 9.56. The molecule has 1 atom stereocenters. The average Bonchev–Trinajstić information content (AvgIpc) is 3.17. The third-order valence-corrected chi connectivity index (χ3v) is 5.52. The zero-order valence-corrected chi connectivity index (χ0v) is 15.1. The smallest absolute Gasteiger partial charge is 0.242 e. The lowest BCUT2D eigenvalue weighted by Gasteiger charge is -2.40. The van der Waals surface area contributed by atoms with Gasteiger partial charge in [-0.15, -0.1) is 0 Å². The van der Waals surface area contributed by atoms with Crippen molar-refractivity contribution in [3.8, 4) is 0 Å². The number of para-hydroxylation sites is 1. The quantitative estimate of drug-likeness (QED) is 0.894. The van der Waals surface area contributed by atoms with Gasteiger partial charge in [0, 0.05) is 38.3 Å². The molecule has 5 heteroatoms. The van der Waals surface area contributed by atoms with Gasteiger partial charge in [-0.2, -0.15) is 0 Å². The van der Waals surface area contributed by atoms with E-state index in [9.17, 15) is 9.59 Å².